The minimum absolute atomic E-state index is 0.122. The molecule has 0 radical (unpaired) electrons. The summed E-state index contributed by atoms with van der Waals surface area (Å²) in [5.74, 6) is -0.306. The van der Waals surface area contributed by atoms with E-state index in [1.54, 1.807) is 11.0 Å². The Morgan fingerprint density at radius 2 is 1.88 bits per heavy atom. The third-order valence-electron chi connectivity index (χ3n) is 4.74. The predicted molar refractivity (Wildman–Crippen MR) is 96.8 cm³/mol. The number of aryl methyl sites for hydroxylation is 2. The van der Waals surface area contributed by atoms with Crippen molar-refractivity contribution >= 4 is 5.91 Å². The van der Waals surface area contributed by atoms with Crippen molar-refractivity contribution in [2.24, 2.45) is 0 Å². The fourth-order valence-electron chi connectivity index (χ4n) is 3.35. The van der Waals surface area contributed by atoms with Crippen LogP contribution in [-0.2, 0) is 19.3 Å². The Morgan fingerprint density at radius 1 is 1.12 bits per heavy atom. The minimum atomic E-state index is -0.326. The van der Waals surface area contributed by atoms with Crippen LogP contribution in [0.2, 0.25) is 0 Å². The van der Waals surface area contributed by atoms with E-state index in [-0.39, 0.29) is 30.2 Å². The molecule has 25 heavy (non-hydrogen) atoms. The van der Waals surface area contributed by atoms with Gasteiger partial charge in [0, 0.05) is 18.8 Å². The molecule has 0 unspecified atom stereocenters. The molecule has 1 aliphatic rings. The molecule has 0 spiro atoms. The van der Waals surface area contributed by atoms with Crippen LogP contribution in [0.4, 0.5) is 0 Å². The Balaban J connectivity index is 1.79. The molecule has 0 aliphatic heterocycles. The van der Waals surface area contributed by atoms with E-state index in [9.17, 15) is 14.7 Å². The largest absolute Gasteiger partial charge is 0.395 e. The number of hydrogen-bond acceptors (Lipinski definition) is 3. The molecule has 1 aromatic carbocycles. The zero-order chi connectivity index (χ0) is 17.6. The molecule has 1 aliphatic carbocycles. The summed E-state index contributed by atoms with van der Waals surface area (Å²) in [6, 6.07) is 11.6. The first kappa shape index (κ1) is 17.4. The number of carbonyl (C=O) groups is 1. The van der Waals surface area contributed by atoms with E-state index < -0.39 is 0 Å². The number of rotatable bonds is 6. The fourth-order valence-corrected chi connectivity index (χ4v) is 3.35. The van der Waals surface area contributed by atoms with Gasteiger partial charge >= 0.3 is 0 Å². The fraction of sp³-hybridized carbons (Fsp3) is 0.400. The third-order valence-corrected chi connectivity index (χ3v) is 4.74. The van der Waals surface area contributed by atoms with Crippen LogP contribution in [-0.4, -0.2) is 40.6 Å². The minimum Gasteiger partial charge on any atom is -0.395 e. The van der Waals surface area contributed by atoms with E-state index >= 15 is 0 Å². The highest BCUT2D eigenvalue weighted by Gasteiger charge is 2.21. The van der Waals surface area contributed by atoms with Crippen LogP contribution in [0.1, 0.15) is 40.0 Å². The van der Waals surface area contributed by atoms with Crippen LogP contribution in [0.15, 0.2) is 41.2 Å². The van der Waals surface area contributed by atoms with Gasteiger partial charge in [0.15, 0.2) is 0 Å². The number of hydrogen-bond donors (Lipinski definition) is 2. The molecular formula is C20H24N2O3. The van der Waals surface area contributed by atoms with Crippen molar-refractivity contribution in [1.82, 2.24) is 9.88 Å². The number of carbonyl (C=O) groups excluding carboxylic acids is 1. The molecule has 1 amide bonds. The number of aliphatic hydroxyl groups excluding tert-OH is 1. The number of benzene rings is 1. The summed E-state index contributed by atoms with van der Waals surface area (Å²) in [5.41, 5.74) is 3.01. The first-order chi connectivity index (χ1) is 12.2. The van der Waals surface area contributed by atoms with Crippen LogP contribution in [0.25, 0.3) is 0 Å². The van der Waals surface area contributed by atoms with Gasteiger partial charge in [-0.25, -0.2) is 0 Å². The summed E-state index contributed by atoms with van der Waals surface area (Å²) in [7, 11) is 0. The molecule has 5 nitrogen and oxygen atoms in total. The zero-order valence-electron chi connectivity index (χ0n) is 14.3. The zero-order valence-corrected chi connectivity index (χ0v) is 14.3. The second-order valence-electron chi connectivity index (χ2n) is 6.47. The molecule has 2 aromatic rings. The molecule has 0 atom stereocenters. The van der Waals surface area contributed by atoms with Gasteiger partial charge < -0.3 is 15.0 Å². The smallest absolute Gasteiger partial charge is 0.261 e. The number of H-pyrrole nitrogens is 1. The molecule has 0 fully saturated rings. The summed E-state index contributed by atoms with van der Waals surface area (Å²) < 4.78 is 0. The van der Waals surface area contributed by atoms with Gasteiger partial charge in [-0.3, -0.25) is 9.59 Å². The second kappa shape index (κ2) is 8.12. The molecule has 0 saturated carbocycles. The lowest BCUT2D eigenvalue weighted by Crippen LogP contribution is -2.38. The molecule has 0 bridgehead atoms. The highest BCUT2D eigenvalue weighted by molar-refractivity contribution is 5.94. The number of nitrogens with one attached hydrogen (secondary N) is 1. The van der Waals surface area contributed by atoms with E-state index in [1.807, 2.05) is 30.3 Å². The maximum absolute atomic E-state index is 12.9. The second-order valence-corrected chi connectivity index (χ2v) is 6.47. The Kier molecular flexibility index (Phi) is 5.66. The molecule has 1 aromatic heterocycles. The van der Waals surface area contributed by atoms with E-state index in [2.05, 4.69) is 4.98 Å². The number of aromatic nitrogens is 1. The SMILES string of the molecule is O=C(c1cc2c([nH]c1=O)CCCC2)N(CCO)CCc1ccccc1. The van der Waals surface area contributed by atoms with Gasteiger partial charge in [0.2, 0.25) is 0 Å². The standard InChI is InChI=1S/C20H24N2O3/c23-13-12-22(11-10-15-6-2-1-3-7-15)20(25)17-14-16-8-4-5-9-18(16)21-19(17)24/h1-3,6-7,14,23H,4-5,8-13H2,(H,21,24). The Morgan fingerprint density at radius 3 is 2.64 bits per heavy atom. The highest BCUT2D eigenvalue weighted by Crippen LogP contribution is 2.19. The van der Waals surface area contributed by atoms with Crippen molar-refractivity contribution in [3.8, 4) is 0 Å². The first-order valence-electron chi connectivity index (χ1n) is 8.88. The number of fused-ring (bicyclic) bond motifs is 1. The van der Waals surface area contributed by atoms with Gasteiger partial charge in [-0.15, -0.1) is 0 Å². The Labute approximate surface area is 147 Å². The number of pyridine rings is 1. The average molecular weight is 340 g/mol. The number of nitrogens with zero attached hydrogens (tertiary/aromatic N) is 1. The molecule has 0 saturated heterocycles. The lowest BCUT2D eigenvalue weighted by atomic mass is 9.95. The van der Waals surface area contributed by atoms with Crippen molar-refractivity contribution in [3.05, 3.63) is 69.1 Å². The molecular weight excluding hydrogens is 316 g/mol. The number of aromatic amines is 1. The average Bonchev–Trinajstić information content (AvgIpc) is 2.65. The van der Waals surface area contributed by atoms with Crippen molar-refractivity contribution in [2.75, 3.05) is 19.7 Å². The van der Waals surface area contributed by atoms with Crippen molar-refractivity contribution in [2.45, 2.75) is 32.1 Å². The number of aliphatic hydroxyl groups is 1. The predicted octanol–water partition coefficient (Wildman–Crippen LogP) is 1.93. The van der Waals surface area contributed by atoms with Crippen molar-refractivity contribution in [3.63, 3.8) is 0 Å². The monoisotopic (exact) mass is 340 g/mol. The van der Waals surface area contributed by atoms with Gasteiger partial charge in [-0.1, -0.05) is 30.3 Å². The quantitative estimate of drug-likeness (QED) is 0.844. The molecule has 3 rings (SSSR count). The molecule has 2 N–H and O–H groups in total. The van der Waals surface area contributed by atoms with E-state index in [0.717, 1.165) is 42.5 Å². The van der Waals surface area contributed by atoms with Gasteiger partial charge in [-0.2, -0.15) is 0 Å². The molecule has 1 heterocycles. The third kappa shape index (κ3) is 4.17. The Bertz CT molecular complexity index is 783. The maximum Gasteiger partial charge on any atom is 0.261 e. The van der Waals surface area contributed by atoms with Gasteiger partial charge in [0.25, 0.3) is 11.5 Å². The van der Waals surface area contributed by atoms with E-state index in [1.165, 1.54) is 0 Å². The van der Waals surface area contributed by atoms with Crippen molar-refractivity contribution in [1.29, 1.82) is 0 Å². The lowest BCUT2D eigenvalue weighted by Gasteiger charge is -2.23. The highest BCUT2D eigenvalue weighted by atomic mass is 16.3. The summed E-state index contributed by atoms with van der Waals surface area (Å²) >= 11 is 0. The van der Waals surface area contributed by atoms with Gasteiger partial charge in [0.1, 0.15) is 5.56 Å². The number of amides is 1. The summed E-state index contributed by atoms with van der Waals surface area (Å²) in [5, 5.41) is 9.31. The summed E-state index contributed by atoms with van der Waals surface area (Å²) in [6.45, 7) is 0.575. The van der Waals surface area contributed by atoms with Crippen LogP contribution in [0, 0.1) is 0 Å². The topological polar surface area (TPSA) is 73.4 Å². The van der Waals surface area contributed by atoms with Gasteiger partial charge in [0.05, 0.1) is 6.61 Å². The van der Waals surface area contributed by atoms with Crippen LogP contribution in [0.3, 0.4) is 0 Å². The normalized spacial score (nSPS) is 13.3. The van der Waals surface area contributed by atoms with Crippen LogP contribution >= 0.6 is 0 Å². The Hall–Kier alpha value is -2.40. The maximum atomic E-state index is 12.9. The van der Waals surface area contributed by atoms with E-state index in [0.29, 0.717) is 13.0 Å². The summed E-state index contributed by atoms with van der Waals surface area (Å²) in [6.07, 6.45) is 4.62. The molecule has 132 valence electrons. The first-order valence-corrected chi connectivity index (χ1v) is 8.88. The van der Waals surface area contributed by atoms with Crippen LogP contribution < -0.4 is 5.56 Å². The van der Waals surface area contributed by atoms with E-state index in [4.69, 9.17) is 0 Å². The molecule has 5 heteroatoms. The summed E-state index contributed by atoms with van der Waals surface area (Å²) in [4.78, 5) is 29.7. The van der Waals surface area contributed by atoms with Crippen LogP contribution in [0.5, 0.6) is 0 Å². The van der Waals surface area contributed by atoms with Crippen molar-refractivity contribution < 1.29 is 9.90 Å². The lowest BCUT2D eigenvalue weighted by molar-refractivity contribution is 0.0722. The van der Waals surface area contributed by atoms with Gasteiger partial charge in [-0.05, 0) is 49.3 Å².